The van der Waals surface area contributed by atoms with E-state index in [2.05, 4.69) is 20.1 Å². The van der Waals surface area contributed by atoms with Gasteiger partial charge in [-0.05, 0) is 32.0 Å². The summed E-state index contributed by atoms with van der Waals surface area (Å²) in [7, 11) is 1.89. The van der Waals surface area contributed by atoms with Gasteiger partial charge in [0.05, 0.1) is 10.2 Å². The Hall–Kier alpha value is -2.87. The standard InChI is InChI=1S/C16H14N6OS/c1-9-8-10(2)22-15(17-9)18-13(20-22)14(23)19-16-21(3)11-6-4-5-7-12(11)24-16/h4-8H,1-3H3. The van der Waals surface area contributed by atoms with Crippen LogP contribution >= 0.6 is 11.3 Å². The van der Waals surface area contributed by atoms with Crippen LogP contribution in [0.4, 0.5) is 0 Å². The van der Waals surface area contributed by atoms with Crippen molar-refractivity contribution >= 4 is 33.2 Å². The van der Waals surface area contributed by atoms with Crippen LogP contribution in [0.2, 0.25) is 0 Å². The van der Waals surface area contributed by atoms with Crippen LogP contribution in [0.5, 0.6) is 0 Å². The first-order valence-corrected chi connectivity index (χ1v) is 8.19. The van der Waals surface area contributed by atoms with Crippen molar-refractivity contribution in [3.8, 4) is 0 Å². The van der Waals surface area contributed by atoms with Gasteiger partial charge in [-0.25, -0.2) is 9.50 Å². The second-order valence-corrected chi connectivity index (χ2v) is 6.52. The van der Waals surface area contributed by atoms with E-state index in [0.29, 0.717) is 10.6 Å². The topological polar surface area (TPSA) is 77.4 Å². The monoisotopic (exact) mass is 338 g/mol. The lowest BCUT2D eigenvalue weighted by Crippen LogP contribution is -2.14. The summed E-state index contributed by atoms with van der Waals surface area (Å²) in [4.78, 5) is 25.8. The lowest BCUT2D eigenvalue weighted by Gasteiger charge is -1.97. The van der Waals surface area contributed by atoms with Crippen LogP contribution in [0.25, 0.3) is 16.0 Å². The van der Waals surface area contributed by atoms with Gasteiger partial charge in [0, 0.05) is 18.4 Å². The predicted octanol–water partition coefficient (Wildman–Crippen LogP) is 2.04. The molecule has 7 nitrogen and oxygen atoms in total. The molecule has 0 saturated heterocycles. The predicted molar refractivity (Wildman–Crippen MR) is 90.9 cm³/mol. The number of rotatable bonds is 1. The molecule has 3 aromatic heterocycles. The number of carbonyl (C=O) groups excluding carboxylic acids is 1. The smallest absolute Gasteiger partial charge is 0.319 e. The Bertz CT molecular complexity index is 1170. The molecule has 3 heterocycles. The number of aryl methyl sites for hydroxylation is 3. The van der Waals surface area contributed by atoms with E-state index in [1.807, 2.05) is 55.8 Å². The molecule has 120 valence electrons. The van der Waals surface area contributed by atoms with Crippen molar-refractivity contribution in [3.05, 3.63) is 52.3 Å². The summed E-state index contributed by atoms with van der Waals surface area (Å²) in [5.41, 5.74) is 2.74. The van der Waals surface area contributed by atoms with E-state index >= 15 is 0 Å². The van der Waals surface area contributed by atoms with Crippen molar-refractivity contribution in [1.29, 1.82) is 0 Å². The molecule has 8 heteroatoms. The zero-order valence-corrected chi connectivity index (χ0v) is 14.2. The van der Waals surface area contributed by atoms with E-state index in [1.165, 1.54) is 11.3 Å². The average molecular weight is 338 g/mol. The van der Waals surface area contributed by atoms with Gasteiger partial charge in [-0.1, -0.05) is 23.5 Å². The van der Waals surface area contributed by atoms with E-state index in [0.717, 1.165) is 21.6 Å². The SMILES string of the molecule is Cc1cc(C)n2nc(C(=O)N=c3sc4ccccc4n3C)nc2n1. The molecule has 0 aliphatic carbocycles. The van der Waals surface area contributed by atoms with Gasteiger partial charge in [-0.3, -0.25) is 4.79 Å². The number of amides is 1. The van der Waals surface area contributed by atoms with Gasteiger partial charge in [0.2, 0.25) is 5.82 Å². The highest BCUT2D eigenvalue weighted by Crippen LogP contribution is 2.15. The molecule has 0 atom stereocenters. The molecular weight excluding hydrogens is 324 g/mol. The Morgan fingerprint density at radius 2 is 2.00 bits per heavy atom. The van der Waals surface area contributed by atoms with E-state index in [4.69, 9.17) is 0 Å². The lowest BCUT2D eigenvalue weighted by atomic mass is 10.3. The molecule has 0 bridgehead atoms. The number of aromatic nitrogens is 5. The number of thiazole rings is 1. The second-order valence-electron chi connectivity index (χ2n) is 5.51. The summed E-state index contributed by atoms with van der Waals surface area (Å²) in [5.74, 6) is -0.0138. The Morgan fingerprint density at radius 3 is 2.79 bits per heavy atom. The van der Waals surface area contributed by atoms with Crippen molar-refractivity contribution in [2.24, 2.45) is 12.0 Å². The fraction of sp³-hybridized carbons (Fsp3) is 0.188. The number of hydrogen-bond donors (Lipinski definition) is 0. The molecule has 4 aromatic rings. The average Bonchev–Trinajstić information content (AvgIpc) is 3.10. The number of carbonyl (C=O) groups is 1. The van der Waals surface area contributed by atoms with Gasteiger partial charge in [-0.2, -0.15) is 9.98 Å². The fourth-order valence-electron chi connectivity index (χ4n) is 2.58. The molecule has 0 fully saturated rings. The summed E-state index contributed by atoms with van der Waals surface area (Å²) >= 11 is 1.46. The van der Waals surface area contributed by atoms with Crippen molar-refractivity contribution in [2.45, 2.75) is 13.8 Å². The quantitative estimate of drug-likeness (QED) is 0.532. The highest BCUT2D eigenvalue weighted by molar-refractivity contribution is 7.16. The first-order valence-electron chi connectivity index (χ1n) is 7.37. The summed E-state index contributed by atoms with van der Waals surface area (Å²) in [6.45, 7) is 3.78. The van der Waals surface area contributed by atoms with Gasteiger partial charge in [-0.15, -0.1) is 5.10 Å². The number of para-hydroxylation sites is 1. The Morgan fingerprint density at radius 1 is 1.21 bits per heavy atom. The van der Waals surface area contributed by atoms with Crippen LogP contribution < -0.4 is 4.80 Å². The Labute approximate surface area is 141 Å². The first kappa shape index (κ1) is 14.7. The first-order chi connectivity index (χ1) is 11.5. The number of benzene rings is 1. The summed E-state index contributed by atoms with van der Waals surface area (Å²) in [6, 6.07) is 9.81. The minimum atomic E-state index is -0.472. The third kappa shape index (κ3) is 2.31. The van der Waals surface area contributed by atoms with Gasteiger partial charge >= 0.3 is 5.91 Å². The summed E-state index contributed by atoms with van der Waals surface area (Å²) < 4.78 is 4.52. The molecule has 0 unspecified atom stereocenters. The molecule has 0 spiro atoms. The highest BCUT2D eigenvalue weighted by Gasteiger charge is 2.15. The van der Waals surface area contributed by atoms with Crippen molar-refractivity contribution < 1.29 is 4.79 Å². The third-order valence-corrected chi connectivity index (χ3v) is 4.83. The normalized spacial score (nSPS) is 12.4. The molecule has 1 amide bonds. The zero-order valence-electron chi connectivity index (χ0n) is 13.4. The molecule has 0 N–H and O–H groups in total. The van der Waals surface area contributed by atoms with Crippen molar-refractivity contribution in [2.75, 3.05) is 0 Å². The van der Waals surface area contributed by atoms with E-state index in [9.17, 15) is 4.79 Å². The molecule has 4 rings (SSSR count). The Kier molecular flexibility index (Phi) is 3.27. The van der Waals surface area contributed by atoms with E-state index < -0.39 is 5.91 Å². The largest absolute Gasteiger partial charge is 0.319 e. The highest BCUT2D eigenvalue weighted by atomic mass is 32.1. The van der Waals surface area contributed by atoms with Crippen LogP contribution in [0.15, 0.2) is 35.3 Å². The van der Waals surface area contributed by atoms with Gasteiger partial charge in [0.25, 0.3) is 5.78 Å². The maximum atomic E-state index is 12.5. The molecule has 1 aromatic carbocycles. The number of nitrogens with zero attached hydrogens (tertiary/aromatic N) is 6. The summed E-state index contributed by atoms with van der Waals surface area (Å²) in [6.07, 6.45) is 0. The van der Waals surface area contributed by atoms with Crippen LogP contribution in [0, 0.1) is 13.8 Å². The van der Waals surface area contributed by atoms with Gasteiger partial charge in [0.15, 0.2) is 4.80 Å². The lowest BCUT2D eigenvalue weighted by molar-refractivity contribution is 0.0988. The molecular formula is C16H14N6OS. The molecule has 24 heavy (non-hydrogen) atoms. The molecule has 0 aliphatic heterocycles. The summed E-state index contributed by atoms with van der Waals surface area (Å²) in [5, 5.41) is 4.23. The van der Waals surface area contributed by atoms with Crippen LogP contribution in [-0.4, -0.2) is 30.1 Å². The van der Waals surface area contributed by atoms with Gasteiger partial charge < -0.3 is 4.57 Å². The van der Waals surface area contributed by atoms with Crippen LogP contribution in [0.3, 0.4) is 0 Å². The van der Waals surface area contributed by atoms with Crippen LogP contribution in [0.1, 0.15) is 22.0 Å². The maximum Gasteiger partial charge on any atom is 0.319 e. The zero-order chi connectivity index (χ0) is 16.8. The van der Waals surface area contributed by atoms with Gasteiger partial charge in [0.1, 0.15) is 0 Å². The minimum absolute atomic E-state index is 0.0497. The molecule has 0 aliphatic rings. The fourth-order valence-corrected chi connectivity index (χ4v) is 3.60. The molecule has 0 saturated carbocycles. The second kappa shape index (κ2) is 5.34. The number of hydrogen-bond acceptors (Lipinski definition) is 5. The van der Waals surface area contributed by atoms with Crippen molar-refractivity contribution in [3.63, 3.8) is 0 Å². The van der Waals surface area contributed by atoms with Crippen LogP contribution in [-0.2, 0) is 7.05 Å². The van der Waals surface area contributed by atoms with E-state index in [1.54, 1.807) is 4.52 Å². The number of fused-ring (bicyclic) bond motifs is 2. The Balaban J connectivity index is 1.83. The van der Waals surface area contributed by atoms with Crippen molar-refractivity contribution in [1.82, 2.24) is 24.1 Å². The maximum absolute atomic E-state index is 12.5. The third-order valence-electron chi connectivity index (χ3n) is 3.72. The molecule has 0 radical (unpaired) electrons. The van der Waals surface area contributed by atoms with E-state index in [-0.39, 0.29) is 5.82 Å². The minimum Gasteiger partial charge on any atom is -0.319 e.